The molecule has 0 fully saturated rings. The Bertz CT molecular complexity index is 1710. The van der Waals surface area contributed by atoms with Crippen molar-refractivity contribution in [2.24, 2.45) is 0 Å². The summed E-state index contributed by atoms with van der Waals surface area (Å²) in [5.74, 6) is 0.119. The molecule has 6 aromatic rings. The Hall–Kier alpha value is -4.70. The Morgan fingerprint density at radius 2 is 1.89 bits per heavy atom. The number of rotatable bonds is 7. The van der Waals surface area contributed by atoms with Gasteiger partial charge in [0.1, 0.15) is 40.7 Å². The minimum absolute atomic E-state index is 0.364. The van der Waals surface area contributed by atoms with Crippen LogP contribution >= 0.6 is 0 Å². The molecule has 6 rings (SSSR count). The van der Waals surface area contributed by atoms with Crippen LogP contribution in [0, 0.1) is 5.82 Å². The SMILES string of the molecule is CN(C)CCOc1cc(F)cc(-c2ccnc3[nH]c(-c4n[nH]c5ccc(-c6cnccn6)nc45)cc23)c1. The maximum Gasteiger partial charge on any atom is 0.138 e. The third kappa shape index (κ3) is 4.50. The molecular weight excluding hydrogens is 471 g/mol. The highest BCUT2D eigenvalue weighted by molar-refractivity contribution is 5.99. The van der Waals surface area contributed by atoms with Gasteiger partial charge in [-0.15, -0.1) is 0 Å². The van der Waals surface area contributed by atoms with E-state index in [-0.39, 0.29) is 5.82 Å². The maximum atomic E-state index is 14.5. The van der Waals surface area contributed by atoms with Gasteiger partial charge < -0.3 is 14.6 Å². The number of nitrogens with zero attached hydrogens (tertiary/aromatic N) is 6. The first kappa shape index (κ1) is 22.7. The van der Waals surface area contributed by atoms with Crippen LogP contribution in [0.5, 0.6) is 5.75 Å². The van der Waals surface area contributed by atoms with Gasteiger partial charge in [-0.2, -0.15) is 5.10 Å². The van der Waals surface area contributed by atoms with Crippen molar-refractivity contribution >= 4 is 22.1 Å². The molecule has 0 amide bonds. The largest absolute Gasteiger partial charge is 0.492 e. The molecule has 0 aliphatic heterocycles. The zero-order valence-electron chi connectivity index (χ0n) is 20.2. The van der Waals surface area contributed by atoms with Crippen LogP contribution in [0.4, 0.5) is 4.39 Å². The van der Waals surface area contributed by atoms with Crippen molar-refractivity contribution in [1.82, 2.24) is 40.0 Å². The zero-order valence-corrected chi connectivity index (χ0v) is 20.2. The summed E-state index contributed by atoms with van der Waals surface area (Å²) in [6.45, 7) is 1.20. The van der Waals surface area contributed by atoms with Crippen LogP contribution in [0.25, 0.3) is 56.0 Å². The number of hydrogen-bond donors (Lipinski definition) is 2. The lowest BCUT2D eigenvalue weighted by Crippen LogP contribution is -2.19. The molecule has 0 unspecified atom stereocenters. The van der Waals surface area contributed by atoms with Crippen molar-refractivity contribution in [3.05, 3.63) is 73.1 Å². The van der Waals surface area contributed by atoms with E-state index in [4.69, 9.17) is 9.72 Å². The van der Waals surface area contributed by atoms with Gasteiger partial charge in [0.05, 0.1) is 23.1 Å². The van der Waals surface area contributed by atoms with Crippen LogP contribution in [0.15, 0.2) is 67.3 Å². The molecule has 0 spiro atoms. The van der Waals surface area contributed by atoms with Crippen molar-refractivity contribution in [2.75, 3.05) is 27.2 Å². The molecule has 0 aliphatic carbocycles. The van der Waals surface area contributed by atoms with Crippen molar-refractivity contribution in [3.63, 3.8) is 0 Å². The fourth-order valence-electron chi connectivity index (χ4n) is 4.21. The minimum atomic E-state index is -0.364. The van der Waals surface area contributed by atoms with Crippen LogP contribution in [0.2, 0.25) is 0 Å². The summed E-state index contributed by atoms with van der Waals surface area (Å²) >= 11 is 0. The number of hydrogen-bond acceptors (Lipinski definition) is 7. The second-order valence-corrected chi connectivity index (χ2v) is 8.89. The number of ether oxygens (including phenoxy) is 1. The Morgan fingerprint density at radius 3 is 2.73 bits per heavy atom. The van der Waals surface area contributed by atoms with E-state index in [0.29, 0.717) is 46.2 Å². The molecular formula is C27H23FN8O. The predicted molar refractivity (Wildman–Crippen MR) is 139 cm³/mol. The molecule has 5 aromatic heterocycles. The quantitative estimate of drug-likeness (QED) is 0.331. The number of likely N-dealkylation sites (N-methyl/N-ethyl adjacent to an activating group) is 1. The molecule has 2 N–H and O–H groups in total. The molecule has 0 saturated carbocycles. The summed E-state index contributed by atoms with van der Waals surface area (Å²) in [4.78, 5) is 23.1. The molecule has 0 radical (unpaired) electrons. The summed E-state index contributed by atoms with van der Waals surface area (Å²) in [7, 11) is 3.93. The number of aromatic nitrogens is 7. The van der Waals surface area contributed by atoms with Crippen LogP contribution < -0.4 is 4.74 Å². The Balaban J connectivity index is 1.41. The molecule has 0 saturated heterocycles. The average Bonchev–Trinajstić information content (AvgIpc) is 3.52. The standard InChI is InChI=1S/C27H23FN8O/c1-36(2)9-10-37-18-12-16(11-17(28)13-18)19-5-6-31-27-20(19)14-23(33-27)26-25-22(34-35-26)4-3-21(32-25)24-15-29-7-8-30-24/h3-8,11-15H,9-10H2,1-2H3,(H,31,33)(H,34,35). The Kier molecular flexibility index (Phi) is 5.78. The summed E-state index contributed by atoms with van der Waals surface area (Å²) < 4.78 is 20.3. The molecule has 9 nitrogen and oxygen atoms in total. The van der Waals surface area contributed by atoms with Gasteiger partial charge in [-0.1, -0.05) is 0 Å². The van der Waals surface area contributed by atoms with Crippen molar-refractivity contribution in [1.29, 1.82) is 0 Å². The third-order valence-electron chi connectivity index (χ3n) is 6.01. The summed E-state index contributed by atoms with van der Waals surface area (Å²) in [5, 5.41) is 8.38. The highest BCUT2D eigenvalue weighted by Gasteiger charge is 2.17. The smallest absolute Gasteiger partial charge is 0.138 e. The lowest BCUT2D eigenvalue weighted by Gasteiger charge is -2.12. The lowest BCUT2D eigenvalue weighted by molar-refractivity contribution is 0.260. The third-order valence-corrected chi connectivity index (χ3v) is 6.01. The van der Waals surface area contributed by atoms with Gasteiger partial charge in [0.15, 0.2) is 0 Å². The molecule has 37 heavy (non-hydrogen) atoms. The summed E-state index contributed by atoms with van der Waals surface area (Å²) in [6, 6.07) is 12.4. The van der Waals surface area contributed by atoms with E-state index in [1.165, 1.54) is 12.1 Å². The van der Waals surface area contributed by atoms with Crippen molar-refractivity contribution in [3.8, 4) is 39.7 Å². The highest BCUT2D eigenvalue weighted by Crippen LogP contribution is 2.34. The first-order valence-electron chi connectivity index (χ1n) is 11.7. The molecule has 5 heterocycles. The Morgan fingerprint density at radius 1 is 0.973 bits per heavy atom. The molecule has 0 bridgehead atoms. The van der Waals surface area contributed by atoms with E-state index >= 15 is 0 Å². The van der Waals surface area contributed by atoms with Gasteiger partial charge in [0.2, 0.25) is 0 Å². The minimum Gasteiger partial charge on any atom is -0.492 e. The first-order chi connectivity index (χ1) is 18.0. The van der Waals surface area contributed by atoms with Gasteiger partial charge in [-0.25, -0.2) is 14.4 Å². The second-order valence-electron chi connectivity index (χ2n) is 8.89. The van der Waals surface area contributed by atoms with Gasteiger partial charge >= 0.3 is 0 Å². The summed E-state index contributed by atoms with van der Waals surface area (Å²) in [6.07, 6.45) is 6.62. The number of nitrogens with one attached hydrogen (secondary N) is 2. The fourth-order valence-corrected chi connectivity index (χ4v) is 4.21. The lowest BCUT2D eigenvalue weighted by atomic mass is 10.0. The van der Waals surface area contributed by atoms with Gasteiger partial charge in [0, 0.05) is 36.6 Å². The predicted octanol–water partition coefficient (Wildman–Crippen LogP) is 4.70. The van der Waals surface area contributed by atoms with E-state index in [0.717, 1.165) is 28.7 Å². The monoisotopic (exact) mass is 494 g/mol. The van der Waals surface area contributed by atoms with Crippen molar-refractivity contribution < 1.29 is 9.13 Å². The maximum absolute atomic E-state index is 14.5. The number of benzene rings is 1. The van der Waals surface area contributed by atoms with E-state index < -0.39 is 0 Å². The van der Waals surface area contributed by atoms with E-state index in [1.807, 2.05) is 49.3 Å². The van der Waals surface area contributed by atoms with E-state index in [2.05, 4.69) is 30.1 Å². The average molecular weight is 495 g/mol. The zero-order chi connectivity index (χ0) is 25.4. The molecule has 1 aromatic carbocycles. The normalized spacial score (nSPS) is 11.6. The van der Waals surface area contributed by atoms with Crippen LogP contribution in [-0.2, 0) is 0 Å². The van der Waals surface area contributed by atoms with Gasteiger partial charge in [-0.3, -0.25) is 15.1 Å². The second kappa shape index (κ2) is 9.40. The van der Waals surface area contributed by atoms with Crippen LogP contribution in [0.3, 0.4) is 0 Å². The summed E-state index contributed by atoms with van der Waals surface area (Å²) in [5.41, 5.74) is 6.43. The topological polar surface area (TPSA) is 108 Å². The van der Waals surface area contributed by atoms with Gasteiger partial charge in [0.25, 0.3) is 0 Å². The number of halogens is 1. The molecule has 0 atom stereocenters. The van der Waals surface area contributed by atoms with Crippen LogP contribution in [-0.4, -0.2) is 67.3 Å². The highest BCUT2D eigenvalue weighted by atomic mass is 19.1. The number of pyridine rings is 2. The van der Waals surface area contributed by atoms with Gasteiger partial charge in [-0.05, 0) is 61.6 Å². The number of aromatic amines is 2. The molecule has 0 aliphatic rings. The van der Waals surface area contributed by atoms with Crippen molar-refractivity contribution in [2.45, 2.75) is 0 Å². The molecule has 10 heteroatoms. The number of H-pyrrole nitrogens is 2. The first-order valence-corrected chi connectivity index (χ1v) is 11.7. The van der Waals surface area contributed by atoms with Crippen LogP contribution in [0.1, 0.15) is 0 Å². The Labute approximate surface area is 211 Å². The number of fused-ring (bicyclic) bond motifs is 2. The molecule has 184 valence electrons. The van der Waals surface area contributed by atoms with E-state index in [1.54, 1.807) is 24.8 Å². The van der Waals surface area contributed by atoms with E-state index in [9.17, 15) is 4.39 Å². The fraction of sp³-hybridized carbons (Fsp3) is 0.148.